The summed E-state index contributed by atoms with van der Waals surface area (Å²) >= 11 is 0. The van der Waals surface area contributed by atoms with Gasteiger partial charge in [0.15, 0.2) is 0 Å². The summed E-state index contributed by atoms with van der Waals surface area (Å²) in [6, 6.07) is 16.8. The average Bonchev–Trinajstić information content (AvgIpc) is 2.61. The van der Waals surface area contributed by atoms with Crippen molar-refractivity contribution in [2.24, 2.45) is 0 Å². The van der Waals surface area contributed by atoms with Gasteiger partial charge in [-0.1, -0.05) is 24.3 Å². The minimum absolute atomic E-state index is 0.0558. The molecule has 6 heteroatoms. The number of nitrogens with zero attached hydrogens (tertiary/aromatic N) is 2. The number of hydrogen-bond acceptors (Lipinski definition) is 4. The zero-order valence-corrected chi connectivity index (χ0v) is 14.6. The first kappa shape index (κ1) is 19.2. The van der Waals surface area contributed by atoms with Crippen LogP contribution in [0.25, 0.3) is 0 Å². The highest BCUT2D eigenvalue weighted by molar-refractivity contribution is 5.88. The first-order chi connectivity index (χ1) is 12.5. The fourth-order valence-corrected chi connectivity index (χ4v) is 2.57. The predicted octanol–water partition coefficient (Wildman–Crippen LogP) is 2.99. The lowest BCUT2D eigenvalue weighted by Gasteiger charge is -2.22. The number of carbonyl (C=O) groups is 2. The van der Waals surface area contributed by atoms with Crippen molar-refractivity contribution in [3.8, 4) is 6.07 Å². The van der Waals surface area contributed by atoms with Crippen LogP contribution in [0.2, 0.25) is 0 Å². The first-order valence-electron chi connectivity index (χ1n) is 8.26. The Morgan fingerprint density at radius 2 is 1.58 bits per heavy atom. The Bertz CT molecular complexity index is 793. The number of amides is 1. The van der Waals surface area contributed by atoms with Crippen LogP contribution in [0.4, 0.5) is 5.69 Å². The van der Waals surface area contributed by atoms with Crippen LogP contribution >= 0.6 is 0 Å². The van der Waals surface area contributed by atoms with Crippen molar-refractivity contribution in [3.05, 3.63) is 65.2 Å². The van der Waals surface area contributed by atoms with E-state index in [1.54, 1.807) is 12.1 Å². The quantitative estimate of drug-likeness (QED) is 0.762. The van der Waals surface area contributed by atoms with E-state index in [0.29, 0.717) is 25.2 Å². The maximum Gasteiger partial charge on any atom is 0.304 e. The number of anilines is 1. The third kappa shape index (κ3) is 6.38. The molecule has 2 aromatic rings. The lowest BCUT2D eigenvalue weighted by molar-refractivity contribution is -0.137. The number of nitriles is 1. The standard InChI is InChI=1S/C20H21N3O3/c1-15(24)22-19-8-6-18(7-9-19)14-23(11-10-20(25)26)13-17-4-2-16(12-21)3-5-17/h2-9H,10-11,13-14H2,1H3,(H,22,24)(H,25,26). The Kier molecular flexibility index (Phi) is 6.89. The van der Waals surface area contributed by atoms with Crippen molar-refractivity contribution < 1.29 is 14.7 Å². The van der Waals surface area contributed by atoms with Gasteiger partial charge in [-0.25, -0.2) is 0 Å². The van der Waals surface area contributed by atoms with Gasteiger partial charge in [-0.2, -0.15) is 5.26 Å². The molecule has 0 aliphatic carbocycles. The van der Waals surface area contributed by atoms with Crippen LogP contribution in [0.1, 0.15) is 30.0 Å². The molecular weight excluding hydrogens is 330 g/mol. The van der Waals surface area contributed by atoms with Gasteiger partial charge in [-0.3, -0.25) is 14.5 Å². The van der Waals surface area contributed by atoms with Crippen molar-refractivity contribution in [1.29, 1.82) is 5.26 Å². The minimum atomic E-state index is -0.837. The van der Waals surface area contributed by atoms with Gasteiger partial charge in [0.1, 0.15) is 0 Å². The Balaban J connectivity index is 2.06. The summed E-state index contributed by atoms with van der Waals surface area (Å²) in [7, 11) is 0. The van der Waals surface area contributed by atoms with Crippen LogP contribution in [0.15, 0.2) is 48.5 Å². The molecule has 0 bridgehead atoms. The molecule has 26 heavy (non-hydrogen) atoms. The van der Waals surface area contributed by atoms with Crippen molar-refractivity contribution >= 4 is 17.6 Å². The molecule has 0 saturated carbocycles. The largest absolute Gasteiger partial charge is 0.481 e. The molecule has 1 amide bonds. The Morgan fingerprint density at radius 1 is 1.04 bits per heavy atom. The summed E-state index contributed by atoms with van der Waals surface area (Å²) in [5, 5.41) is 20.6. The third-order valence-corrected chi connectivity index (χ3v) is 3.81. The van der Waals surface area contributed by atoms with E-state index in [-0.39, 0.29) is 12.3 Å². The number of hydrogen-bond donors (Lipinski definition) is 2. The molecule has 0 unspecified atom stereocenters. The van der Waals surface area contributed by atoms with E-state index in [1.807, 2.05) is 41.3 Å². The zero-order valence-electron chi connectivity index (χ0n) is 14.6. The number of carboxylic acid groups (broad SMARTS) is 1. The molecule has 134 valence electrons. The van der Waals surface area contributed by atoms with Gasteiger partial charge < -0.3 is 10.4 Å². The van der Waals surface area contributed by atoms with Crippen LogP contribution in [0, 0.1) is 11.3 Å². The molecule has 0 aliphatic rings. The second-order valence-electron chi connectivity index (χ2n) is 6.04. The lowest BCUT2D eigenvalue weighted by atomic mass is 10.1. The topological polar surface area (TPSA) is 93.4 Å². The van der Waals surface area contributed by atoms with Crippen molar-refractivity contribution in [2.45, 2.75) is 26.4 Å². The van der Waals surface area contributed by atoms with E-state index in [4.69, 9.17) is 10.4 Å². The van der Waals surface area contributed by atoms with Crippen LogP contribution < -0.4 is 5.32 Å². The summed E-state index contributed by atoms with van der Waals surface area (Å²) in [6.45, 7) is 3.06. The molecule has 0 spiro atoms. The van der Waals surface area contributed by atoms with Crippen LogP contribution in [-0.2, 0) is 22.7 Å². The van der Waals surface area contributed by atoms with Crippen LogP contribution in [-0.4, -0.2) is 28.4 Å². The fourth-order valence-electron chi connectivity index (χ4n) is 2.57. The van der Waals surface area contributed by atoms with Crippen molar-refractivity contribution in [1.82, 2.24) is 4.90 Å². The SMILES string of the molecule is CC(=O)Nc1ccc(CN(CCC(=O)O)Cc2ccc(C#N)cc2)cc1. The summed E-state index contributed by atoms with van der Waals surface area (Å²) in [6.07, 6.45) is 0.0558. The van der Waals surface area contributed by atoms with Gasteiger partial charge in [0.2, 0.25) is 5.91 Å². The Hall–Kier alpha value is -3.17. The monoisotopic (exact) mass is 351 g/mol. The van der Waals surface area contributed by atoms with Gasteiger partial charge in [-0.15, -0.1) is 0 Å². The molecule has 0 atom stereocenters. The number of nitrogens with one attached hydrogen (secondary N) is 1. The number of rotatable bonds is 8. The number of aliphatic carboxylic acids is 1. The molecule has 0 radical (unpaired) electrons. The maximum atomic E-state index is 11.1. The minimum Gasteiger partial charge on any atom is -0.481 e. The molecule has 2 rings (SSSR count). The van der Waals surface area contributed by atoms with E-state index in [2.05, 4.69) is 11.4 Å². The molecular formula is C20H21N3O3. The van der Waals surface area contributed by atoms with E-state index >= 15 is 0 Å². The fraction of sp³-hybridized carbons (Fsp3) is 0.250. The van der Waals surface area contributed by atoms with Gasteiger partial charge in [0.25, 0.3) is 0 Å². The summed E-state index contributed by atoms with van der Waals surface area (Å²) < 4.78 is 0. The summed E-state index contributed by atoms with van der Waals surface area (Å²) in [4.78, 5) is 24.1. The molecule has 0 saturated heterocycles. The molecule has 0 aliphatic heterocycles. The molecule has 2 aromatic carbocycles. The van der Waals surface area contributed by atoms with E-state index in [0.717, 1.165) is 16.8 Å². The van der Waals surface area contributed by atoms with Crippen molar-refractivity contribution in [3.63, 3.8) is 0 Å². The average molecular weight is 351 g/mol. The van der Waals surface area contributed by atoms with E-state index in [1.165, 1.54) is 6.92 Å². The van der Waals surface area contributed by atoms with Gasteiger partial charge in [-0.05, 0) is 35.4 Å². The number of carboxylic acids is 1. The highest BCUT2D eigenvalue weighted by Gasteiger charge is 2.10. The van der Waals surface area contributed by atoms with Crippen LogP contribution in [0.5, 0.6) is 0 Å². The van der Waals surface area contributed by atoms with Gasteiger partial charge in [0.05, 0.1) is 18.1 Å². The summed E-state index contributed by atoms with van der Waals surface area (Å²) in [5.74, 6) is -0.961. The predicted molar refractivity (Wildman–Crippen MR) is 98.3 cm³/mol. The van der Waals surface area contributed by atoms with Gasteiger partial charge >= 0.3 is 5.97 Å². The number of benzene rings is 2. The van der Waals surface area contributed by atoms with Crippen LogP contribution in [0.3, 0.4) is 0 Å². The normalized spacial score (nSPS) is 10.3. The Labute approximate surface area is 152 Å². The molecule has 0 heterocycles. The zero-order chi connectivity index (χ0) is 18.9. The maximum absolute atomic E-state index is 11.1. The second-order valence-corrected chi connectivity index (χ2v) is 6.04. The molecule has 6 nitrogen and oxygen atoms in total. The highest BCUT2D eigenvalue weighted by Crippen LogP contribution is 2.14. The highest BCUT2D eigenvalue weighted by atomic mass is 16.4. The van der Waals surface area contributed by atoms with E-state index < -0.39 is 5.97 Å². The molecule has 2 N–H and O–H groups in total. The first-order valence-corrected chi connectivity index (χ1v) is 8.26. The smallest absolute Gasteiger partial charge is 0.304 e. The summed E-state index contributed by atoms with van der Waals surface area (Å²) in [5.41, 5.74) is 3.37. The lowest BCUT2D eigenvalue weighted by Crippen LogP contribution is -2.25. The van der Waals surface area contributed by atoms with Gasteiger partial charge in [0, 0.05) is 32.2 Å². The van der Waals surface area contributed by atoms with E-state index in [9.17, 15) is 9.59 Å². The third-order valence-electron chi connectivity index (χ3n) is 3.81. The molecule has 0 fully saturated rings. The Morgan fingerprint density at radius 3 is 2.04 bits per heavy atom. The molecule has 0 aromatic heterocycles. The second kappa shape index (κ2) is 9.35. The van der Waals surface area contributed by atoms with Crippen molar-refractivity contribution in [2.75, 3.05) is 11.9 Å². The number of carbonyl (C=O) groups excluding carboxylic acids is 1.